The molecule has 1 N–H and O–H groups in total. The smallest absolute Gasteiger partial charge is 0.0643 e. The minimum atomic E-state index is 0. The maximum Gasteiger partial charge on any atom is 0.0643 e. The molecule has 0 spiro atoms. The molecular weight excluding hydrogens is 114 g/mol. The Morgan fingerprint density at radius 2 is 2.33 bits per heavy atom. The van der Waals surface area contributed by atoms with E-state index in [1.165, 1.54) is 0 Å². The molecule has 1 aliphatic rings. The summed E-state index contributed by atoms with van der Waals surface area (Å²) >= 11 is 0. The first kappa shape index (κ1) is 7.03. The van der Waals surface area contributed by atoms with Crippen LogP contribution in [0.25, 0.3) is 0 Å². The van der Waals surface area contributed by atoms with E-state index in [2.05, 4.69) is 19.2 Å². The predicted molar refractivity (Wildman–Crippen MR) is 39.6 cm³/mol. The van der Waals surface area contributed by atoms with Crippen LogP contribution in [0.1, 0.15) is 15.3 Å². The van der Waals surface area contributed by atoms with Gasteiger partial charge in [0.25, 0.3) is 0 Å². The van der Waals surface area contributed by atoms with Gasteiger partial charge in [0.1, 0.15) is 0 Å². The topological polar surface area (TPSA) is 21.3 Å². The van der Waals surface area contributed by atoms with E-state index in [4.69, 9.17) is 4.74 Å². The van der Waals surface area contributed by atoms with Crippen LogP contribution in [0, 0.1) is 5.92 Å². The number of ether oxygens (including phenoxy) is 1. The maximum absolute atomic E-state index is 5.00. The van der Waals surface area contributed by atoms with E-state index >= 15 is 0 Å². The van der Waals surface area contributed by atoms with Gasteiger partial charge in [-0.05, 0) is 12.5 Å². The van der Waals surface area contributed by atoms with Crippen molar-refractivity contribution in [3.63, 3.8) is 0 Å². The van der Waals surface area contributed by atoms with E-state index in [1.807, 2.05) is 0 Å². The molecule has 0 aromatic heterocycles. The van der Waals surface area contributed by atoms with E-state index in [9.17, 15) is 0 Å². The van der Waals surface area contributed by atoms with Gasteiger partial charge in [0.05, 0.1) is 19.3 Å². The summed E-state index contributed by atoms with van der Waals surface area (Å²) in [5, 5.41) is 3.39. The summed E-state index contributed by atoms with van der Waals surface area (Å²) < 4.78 is 5.00. The molecule has 0 atom stereocenters. The zero-order valence-corrected chi connectivity index (χ0v) is 6.18. The first-order valence-corrected chi connectivity index (χ1v) is 3.60. The molecule has 0 unspecified atom stereocenters. The third kappa shape index (κ3) is 2.33. The number of rotatable bonds is 3. The lowest BCUT2D eigenvalue weighted by molar-refractivity contribution is -0.00596. The highest BCUT2D eigenvalue weighted by Crippen LogP contribution is 2.00. The van der Waals surface area contributed by atoms with Crippen LogP contribution >= 0.6 is 0 Å². The monoisotopic (exact) mass is 131 g/mol. The van der Waals surface area contributed by atoms with E-state index in [-0.39, 0.29) is 1.43 Å². The molecule has 0 saturated carbocycles. The fourth-order valence-corrected chi connectivity index (χ4v) is 0.756. The standard InChI is InChI=1S/C7H15NO.H2/c1-6(2)3-8-7-4-9-5-7;/h6-8H,3-5H2,1-2H3;1H. The number of hydrogen-bond acceptors (Lipinski definition) is 2. The lowest BCUT2D eigenvalue weighted by Gasteiger charge is -2.27. The molecule has 56 valence electrons. The lowest BCUT2D eigenvalue weighted by atomic mass is 10.2. The SMILES string of the molecule is CC(C)CNC1COC1.[HH]. The maximum atomic E-state index is 5.00. The van der Waals surface area contributed by atoms with Gasteiger partial charge in [0, 0.05) is 1.43 Å². The van der Waals surface area contributed by atoms with Gasteiger partial charge in [0.15, 0.2) is 0 Å². The molecule has 1 heterocycles. The highest BCUT2D eigenvalue weighted by Gasteiger charge is 2.16. The quantitative estimate of drug-likeness (QED) is 0.614. The molecule has 1 rings (SSSR count). The minimum absolute atomic E-state index is 0. The van der Waals surface area contributed by atoms with E-state index in [1.54, 1.807) is 0 Å². The van der Waals surface area contributed by atoms with E-state index < -0.39 is 0 Å². The van der Waals surface area contributed by atoms with Gasteiger partial charge < -0.3 is 10.1 Å². The second-order valence-corrected chi connectivity index (χ2v) is 3.04. The zero-order chi connectivity index (χ0) is 6.69. The van der Waals surface area contributed by atoms with Crippen LogP contribution in [0.2, 0.25) is 0 Å². The highest BCUT2D eigenvalue weighted by atomic mass is 16.5. The van der Waals surface area contributed by atoms with Gasteiger partial charge in [-0.1, -0.05) is 13.8 Å². The van der Waals surface area contributed by atoms with Crippen LogP contribution in [0.3, 0.4) is 0 Å². The lowest BCUT2D eigenvalue weighted by Crippen LogP contribution is -2.47. The Bertz CT molecular complexity index is 83.7. The van der Waals surface area contributed by atoms with Gasteiger partial charge in [-0.15, -0.1) is 0 Å². The van der Waals surface area contributed by atoms with Crippen LogP contribution in [0.5, 0.6) is 0 Å². The van der Waals surface area contributed by atoms with Gasteiger partial charge >= 0.3 is 0 Å². The van der Waals surface area contributed by atoms with Crippen LogP contribution in [0.15, 0.2) is 0 Å². The Kier molecular flexibility index (Phi) is 2.49. The Hall–Kier alpha value is -0.0800. The largest absolute Gasteiger partial charge is 0.378 e. The molecule has 1 aliphatic heterocycles. The summed E-state index contributed by atoms with van der Waals surface area (Å²) in [6.45, 7) is 7.37. The summed E-state index contributed by atoms with van der Waals surface area (Å²) in [5.74, 6) is 0.755. The summed E-state index contributed by atoms with van der Waals surface area (Å²) in [5.41, 5.74) is 0. The summed E-state index contributed by atoms with van der Waals surface area (Å²) in [6.07, 6.45) is 0. The molecule has 1 saturated heterocycles. The van der Waals surface area contributed by atoms with E-state index in [0.29, 0.717) is 6.04 Å². The van der Waals surface area contributed by atoms with Gasteiger partial charge in [-0.25, -0.2) is 0 Å². The first-order chi connectivity index (χ1) is 4.29. The third-order valence-electron chi connectivity index (χ3n) is 1.45. The van der Waals surface area contributed by atoms with Crippen molar-refractivity contribution in [2.75, 3.05) is 19.8 Å². The number of nitrogens with one attached hydrogen (secondary N) is 1. The van der Waals surface area contributed by atoms with Crippen LogP contribution in [-0.4, -0.2) is 25.8 Å². The van der Waals surface area contributed by atoms with Crippen molar-refractivity contribution in [2.24, 2.45) is 5.92 Å². The van der Waals surface area contributed by atoms with Crippen molar-refractivity contribution in [2.45, 2.75) is 19.9 Å². The fraction of sp³-hybridized carbons (Fsp3) is 1.00. The van der Waals surface area contributed by atoms with E-state index in [0.717, 1.165) is 25.7 Å². The summed E-state index contributed by atoms with van der Waals surface area (Å²) in [6, 6.07) is 0.646. The van der Waals surface area contributed by atoms with Crippen molar-refractivity contribution in [3.05, 3.63) is 0 Å². The van der Waals surface area contributed by atoms with Crippen molar-refractivity contribution in [1.29, 1.82) is 0 Å². The molecule has 9 heavy (non-hydrogen) atoms. The highest BCUT2D eigenvalue weighted by molar-refractivity contribution is 4.72. The molecule has 2 heteroatoms. The molecule has 0 bridgehead atoms. The van der Waals surface area contributed by atoms with Crippen LogP contribution < -0.4 is 5.32 Å². The molecular formula is C7H17NO. The average molecular weight is 131 g/mol. The van der Waals surface area contributed by atoms with Gasteiger partial charge in [-0.3, -0.25) is 0 Å². The second-order valence-electron chi connectivity index (χ2n) is 3.04. The predicted octanol–water partition coefficient (Wildman–Crippen LogP) is 0.877. The van der Waals surface area contributed by atoms with Crippen molar-refractivity contribution in [1.82, 2.24) is 5.32 Å². The fourth-order valence-electron chi connectivity index (χ4n) is 0.756. The summed E-state index contributed by atoms with van der Waals surface area (Å²) in [4.78, 5) is 0. The van der Waals surface area contributed by atoms with Gasteiger partial charge in [0.2, 0.25) is 0 Å². The molecule has 0 aromatic rings. The Labute approximate surface area is 58.1 Å². The van der Waals surface area contributed by atoms with Crippen molar-refractivity contribution in [3.8, 4) is 0 Å². The Morgan fingerprint density at radius 1 is 1.67 bits per heavy atom. The molecule has 0 aliphatic carbocycles. The molecule has 0 radical (unpaired) electrons. The first-order valence-electron chi connectivity index (χ1n) is 3.60. The van der Waals surface area contributed by atoms with Crippen LogP contribution in [0.4, 0.5) is 0 Å². The normalized spacial score (nSPS) is 20.3. The zero-order valence-electron chi connectivity index (χ0n) is 6.18. The molecule has 1 fully saturated rings. The Morgan fingerprint density at radius 3 is 2.67 bits per heavy atom. The van der Waals surface area contributed by atoms with Gasteiger partial charge in [-0.2, -0.15) is 0 Å². The minimum Gasteiger partial charge on any atom is -0.378 e. The van der Waals surface area contributed by atoms with Crippen molar-refractivity contribution < 1.29 is 6.16 Å². The third-order valence-corrected chi connectivity index (χ3v) is 1.45. The summed E-state index contributed by atoms with van der Waals surface area (Å²) in [7, 11) is 0. The second kappa shape index (κ2) is 3.18. The van der Waals surface area contributed by atoms with Crippen molar-refractivity contribution >= 4 is 0 Å². The Balaban J connectivity index is 0.000000810. The average Bonchev–Trinajstić information content (AvgIpc) is 1.60. The number of hydrogen-bond donors (Lipinski definition) is 1. The molecule has 0 aromatic carbocycles. The molecule has 2 nitrogen and oxygen atoms in total. The van der Waals surface area contributed by atoms with Crippen LogP contribution in [-0.2, 0) is 4.74 Å². The molecule has 0 amide bonds.